The maximum Gasteiger partial charge on any atom is 0.295 e. The van der Waals surface area contributed by atoms with E-state index in [0.717, 1.165) is 29.4 Å². The van der Waals surface area contributed by atoms with Crippen LogP contribution in [0.4, 0.5) is 5.13 Å². The Bertz CT molecular complexity index is 884. The van der Waals surface area contributed by atoms with Crippen LogP contribution in [0.15, 0.2) is 58.5 Å². The molecule has 1 fully saturated rings. The first kappa shape index (κ1) is 19.9. The Balaban J connectivity index is 1.48. The van der Waals surface area contributed by atoms with Crippen LogP contribution in [0.2, 0.25) is 0 Å². The second-order valence-electron chi connectivity index (χ2n) is 7.42. The zero-order valence-corrected chi connectivity index (χ0v) is 17.4. The minimum Gasteiger partial charge on any atom is -0.459 e. The van der Waals surface area contributed by atoms with Crippen molar-refractivity contribution in [1.82, 2.24) is 9.88 Å². The third-order valence-corrected chi connectivity index (χ3v) is 6.19. The minimum atomic E-state index is -0.125. The van der Waals surface area contributed by atoms with Gasteiger partial charge in [-0.25, -0.2) is 4.98 Å². The number of aromatic nitrogens is 1. The standard InChI is InChI=1S/C23H27N3O2S/c27-22(21-12-8-17-28-21)26(16-9-15-25-13-6-1-2-7-14-25)23-24-20(18-29-23)19-10-4-3-5-11-19/h3-5,8,10-12,17-18H,1-2,6-7,9,13-16H2. The van der Waals surface area contributed by atoms with Crippen molar-refractivity contribution in [2.45, 2.75) is 32.1 Å². The number of rotatable bonds is 7. The van der Waals surface area contributed by atoms with Gasteiger partial charge in [-0.15, -0.1) is 11.3 Å². The molecule has 0 aliphatic carbocycles. The lowest BCUT2D eigenvalue weighted by atomic mass is 10.2. The number of nitrogens with zero attached hydrogens (tertiary/aromatic N) is 3. The molecule has 152 valence electrons. The van der Waals surface area contributed by atoms with Crippen LogP contribution in [-0.2, 0) is 0 Å². The van der Waals surface area contributed by atoms with Crippen molar-refractivity contribution in [3.8, 4) is 11.3 Å². The number of hydrogen-bond donors (Lipinski definition) is 0. The fourth-order valence-electron chi connectivity index (χ4n) is 3.76. The molecule has 0 saturated carbocycles. The predicted octanol–water partition coefficient (Wildman–Crippen LogP) is 5.32. The highest BCUT2D eigenvalue weighted by molar-refractivity contribution is 7.14. The van der Waals surface area contributed by atoms with Crippen LogP contribution in [0.5, 0.6) is 0 Å². The zero-order valence-electron chi connectivity index (χ0n) is 16.6. The third kappa shape index (κ3) is 5.14. The van der Waals surface area contributed by atoms with Gasteiger partial charge in [0.15, 0.2) is 10.9 Å². The van der Waals surface area contributed by atoms with Gasteiger partial charge in [0, 0.05) is 17.5 Å². The largest absolute Gasteiger partial charge is 0.459 e. The van der Waals surface area contributed by atoms with E-state index in [-0.39, 0.29) is 5.91 Å². The van der Waals surface area contributed by atoms with Gasteiger partial charge in [-0.05, 0) is 51.0 Å². The van der Waals surface area contributed by atoms with Crippen molar-refractivity contribution in [2.75, 3.05) is 31.1 Å². The molecular formula is C23H27N3O2S. The predicted molar refractivity (Wildman–Crippen MR) is 117 cm³/mol. The summed E-state index contributed by atoms with van der Waals surface area (Å²) in [6.07, 6.45) is 7.69. The number of amides is 1. The Kier molecular flexibility index (Phi) is 6.75. The van der Waals surface area contributed by atoms with Crippen LogP contribution < -0.4 is 4.90 Å². The second-order valence-corrected chi connectivity index (χ2v) is 8.26. The molecule has 4 rings (SSSR count). The maximum atomic E-state index is 13.1. The molecule has 0 spiro atoms. The summed E-state index contributed by atoms with van der Waals surface area (Å²) in [5.41, 5.74) is 1.96. The highest BCUT2D eigenvalue weighted by Crippen LogP contribution is 2.28. The fourth-order valence-corrected chi connectivity index (χ4v) is 4.62. The van der Waals surface area contributed by atoms with Gasteiger partial charge in [-0.2, -0.15) is 0 Å². The summed E-state index contributed by atoms with van der Waals surface area (Å²) >= 11 is 1.51. The summed E-state index contributed by atoms with van der Waals surface area (Å²) in [6.45, 7) is 3.99. The molecule has 0 bridgehead atoms. The summed E-state index contributed by atoms with van der Waals surface area (Å²) in [6, 6.07) is 13.5. The molecule has 5 nitrogen and oxygen atoms in total. The molecule has 0 atom stereocenters. The van der Waals surface area contributed by atoms with Crippen molar-refractivity contribution in [1.29, 1.82) is 0 Å². The van der Waals surface area contributed by atoms with Crippen molar-refractivity contribution < 1.29 is 9.21 Å². The lowest BCUT2D eigenvalue weighted by Crippen LogP contribution is -2.34. The Labute approximate surface area is 176 Å². The van der Waals surface area contributed by atoms with E-state index in [1.165, 1.54) is 50.1 Å². The second kappa shape index (κ2) is 9.85. The van der Waals surface area contributed by atoms with Gasteiger partial charge in [0.2, 0.25) is 0 Å². The van der Waals surface area contributed by atoms with Crippen LogP contribution in [0.25, 0.3) is 11.3 Å². The average Bonchev–Trinajstić information content (AvgIpc) is 3.40. The fraction of sp³-hybridized carbons (Fsp3) is 0.391. The van der Waals surface area contributed by atoms with Gasteiger partial charge in [-0.3, -0.25) is 9.69 Å². The third-order valence-electron chi connectivity index (χ3n) is 5.32. The molecule has 0 unspecified atom stereocenters. The summed E-state index contributed by atoms with van der Waals surface area (Å²) in [7, 11) is 0. The molecule has 3 aromatic rings. The molecule has 1 aromatic carbocycles. The Morgan fingerprint density at radius 2 is 1.86 bits per heavy atom. The van der Waals surface area contributed by atoms with Gasteiger partial charge >= 0.3 is 0 Å². The van der Waals surface area contributed by atoms with Crippen LogP contribution in [0.3, 0.4) is 0 Å². The normalized spacial score (nSPS) is 15.2. The van der Waals surface area contributed by atoms with Crippen LogP contribution in [0.1, 0.15) is 42.7 Å². The van der Waals surface area contributed by atoms with E-state index in [9.17, 15) is 4.79 Å². The number of benzene rings is 1. The monoisotopic (exact) mass is 409 g/mol. The zero-order chi connectivity index (χ0) is 19.9. The molecule has 0 radical (unpaired) electrons. The summed E-state index contributed by atoms with van der Waals surface area (Å²) < 4.78 is 5.38. The Morgan fingerprint density at radius 1 is 1.07 bits per heavy atom. The lowest BCUT2D eigenvalue weighted by Gasteiger charge is -2.23. The van der Waals surface area contributed by atoms with E-state index >= 15 is 0 Å². The smallest absolute Gasteiger partial charge is 0.295 e. The Morgan fingerprint density at radius 3 is 2.59 bits per heavy atom. The van der Waals surface area contributed by atoms with Crippen LogP contribution >= 0.6 is 11.3 Å². The number of anilines is 1. The number of thiazole rings is 1. The van der Waals surface area contributed by atoms with Crippen molar-refractivity contribution in [3.05, 3.63) is 59.9 Å². The van der Waals surface area contributed by atoms with Crippen LogP contribution in [-0.4, -0.2) is 42.0 Å². The maximum absolute atomic E-state index is 13.1. The summed E-state index contributed by atoms with van der Waals surface area (Å²) in [4.78, 5) is 22.1. The summed E-state index contributed by atoms with van der Waals surface area (Å²) in [5.74, 6) is 0.232. The van der Waals surface area contributed by atoms with Crippen molar-refractivity contribution in [2.24, 2.45) is 0 Å². The molecule has 29 heavy (non-hydrogen) atoms. The molecule has 1 amide bonds. The van der Waals surface area contributed by atoms with Gasteiger partial charge in [0.1, 0.15) is 0 Å². The van der Waals surface area contributed by atoms with E-state index < -0.39 is 0 Å². The van der Waals surface area contributed by atoms with Gasteiger partial charge in [0.25, 0.3) is 5.91 Å². The lowest BCUT2D eigenvalue weighted by molar-refractivity contribution is 0.0959. The number of furan rings is 1. The molecule has 3 heterocycles. The number of likely N-dealkylation sites (tertiary alicyclic amines) is 1. The highest BCUT2D eigenvalue weighted by Gasteiger charge is 2.23. The molecule has 1 aliphatic rings. The molecule has 1 saturated heterocycles. The van der Waals surface area contributed by atoms with Crippen molar-refractivity contribution in [3.63, 3.8) is 0 Å². The molecule has 1 aliphatic heterocycles. The molecule has 2 aromatic heterocycles. The minimum absolute atomic E-state index is 0.125. The average molecular weight is 410 g/mol. The molecule has 6 heteroatoms. The number of carbonyl (C=O) groups excluding carboxylic acids is 1. The highest BCUT2D eigenvalue weighted by atomic mass is 32.1. The number of hydrogen-bond acceptors (Lipinski definition) is 5. The van der Waals surface area contributed by atoms with E-state index in [2.05, 4.69) is 4.90 Å². The Hall–Kier alpha value is -2.44. The molecule has 0 N–H and O–H groups in total. The number of carbonyl (C=O) groups is 1. The first-order valence-corrected chi connectivity index (χ1v) is 11.3. The first-order chi connectivity index (χ1) is 14.3. The van der Waals surface area contributed by atoms with Crippen molar-refractivity contribution >= 4 is 22.4 Å². The van der Waals surface area contributed by atoms with Gasteiger partial charge in [-0.1, -0.05) is 43.2 Å². The van der Waals surface area contributed by atoms with E-state index in [4.69, 9.17) is 9.40 Å². The van der Waals surface area contributed by atoms with Gasteiger partial charge < -0.3 is 9.32 Å². The topological polar surface area (TPSA) is 49.6 Å². The van der Waals surface area contributed by atoms with Crippen LogP contribution in [0, 0.1) is 0 Å². The first-order valence-electron chi connectivity index (χ1n) is 10.4. The summed E-state index contributed by atoms with van der Waals surface area (Å²) in [5, 5.41) is 2.74. The molecular weight excluding hydrogens is 382 g/mol. The SMILES string of the molecule is O=C(c1ccco1)N(CCCN1CCCCCC1)c1nc(-c2ccccc2)cs1. The quantitative estimate of drug-likeness (QED) is 0.530. The van der Waals surface area contributed by atoms with E-state index in [1.807, 2.05) is 35.7 Å². The van der Waals surface area contributed by atoms with E-state index in [1.54, 1.807) is 23.3 Å². The van der Waals surface area contributed by atoms with E-state index in [0.29, 0.717) is 12.3 Å². The van der Waals surface area contributed by atoms with Gasteiger partial charge in [0.05, 0.1) is 12.0 Å².